The molecule has 0 amide bonds. The van der Waals surface area contributed by atoms with Crippen molar-refractivity contribution >= 4 is 15.7 Å². The van der Waals surface area contributed by atoms with E-state index in [1.807, 2.05) is 6.92 Å². The highest BCUT2D eigenvalue weighted by Crippen LogP contribution is 2.30. The largest absolute Gasteiger partial charge is 0.398 e. The molecule has 1 aromatic rings. The predicted molar refractivity (Wildman–Crippen MR) is 86.5 cm³/mol. The molecule has 3 N–H and O–H groups in total. The fourth-order valence-corrected chi connectivity index (χ4v) is 3.97. The van der Waals surface area contributed by atoms with Gasteiger partial charge in [0, 0.05) is 12.2 Å². The summed E-state index contributed by atoms with van der Waals surface area (Å²) in [5.74, 6) is 1.49. The molecule has 1 saturated carbocycles. The van der Waals surface area contributed by atoms with Gasteiger partial charge in [0.2, 0.25) is 10.0 Å². The summed E-state index contributed by atoms with van der Waals surface area (Å²) in [5.41, 5.74) is 7.19. The van der Waals surface area contributed by atoms with Crippen molar-refractivity contribution in [2.75, 3.05) is 12.3 Å². The number of benzene rings is 1. The quantitative estimate of drug-likeness (QED) is 0.821. The number of sulfonamides is 1. The van der Waals surface area contributed by atoms with Crippen LogP contribution in [0, 0.1) is 18.8 Å². The van der Waals surface area contributed by atoms with Crippen molar-refractivity contribution in [2.24, 2.45) is 11.8 Å². The third-order valence-electron chi connectivity index (χ3n) is 4.54. The number of hydrogen-bond donors (Lipinski definition) is 2. The molecule has 0 radical (unpaired) electrons. The topological polar surface area (TPSA) is 72.2 Å². The average Bonchev–Trinajstić information content (AvgIpc) is 2.44. The standard InChI is InChI=1S/C16H26N2O2S/c1-12-3-6-14(7-4-12)9-10-18-21(19,20)15-8-5-13(2)16(17)11-15/h5,8,11-12,14,18H,3-4,6-7,9-10,17H2,1-2H3. The van der Waals surface area contributed by atoms with Crippen LogP contribution in [-0.2, 0) is 10.0 Å². The number of nitrogens with two attached hydrogens (primary N) is 1. The van der Waals surface area contributed by atoms with E-state index in [2.05, 4.69) is 11.6 Å². The highest BCUT2D eigenvalue weighted by atomic mass is 32.2. The van der Waals surface area contributed by atoms with Crippen LogP contribution in [0.2, 0.25) is 0 Å². The maximum absolute atomic E-state index is 12.2. The Balaban J connectivity index is 1.88. The first kappa shape index (κ1) is 16.3. The van der Waals surface area contributed by atoms with Crippen LogP contribution in [0.1, 0.15) is 44.6 Å². The normalized spacial score (nSPS) is 23.1. The first-order valence-corrected chi connectivity index (χ1v) is 9.22. The molecule has 0 aliphatic heterocycles. The highest BCUT2D eigenvalue weighted by Gasteiger charge is 2.19. The van der Waals surface area contributed by atoms with Gasteiger partial charge in [0.25, 0.3) is 0 Å². The number of nitrogens with one attached hydrogen (secondary N) is 1. The fraction of sp³-hybridized carbons (Fsp3) is 0.625. The van der Waals surface area contributed by atoms with Gasteiger partial charge in [-0.2, -0.15) is 0 Å². The van der Waals surface area contributed by atoms with Gasteiger partial charge in [-0.15, -0.1) is 0 Å². The van der Waals surface area contributed by atoms with E-state index in [1.54, 1.807) is 12.1 Å². The van der Waals surface area contributed by atoms with Crippen molar-refractivity contribution in [3.8, 4) is 0 Å². The Kier molecular flexibility index (Phi) is 5.27. The van der Waals surface area contributed by atoms with Crippen LogP contribution in [0.5, 0.6) is 0 Å². The summed E-state index contributed by atoms with van der Waals surface area (Å²) in [6.45, 7) is 4.67. The Labute approximate surface area is 128 Å². The zero-order chi connectivity index (χ0) is 15.5. The lowest BCUT2D eigenvalue weighted by atomic mass is 9.81. The van der Waals surface area contributed by atoms with Crippen LogP contribution >= 0.6 is 0 Å². The van der Waals surface area contributed by atoms with Crippen LogP contribution < -0.4 is 10.5 Å². The van der Waals surface area contributed by atoms with Crippen LogP contribution in [-0.4, -0.2) is 15.0 Å². The molecule has 1 aromatic carbocycles. The monoisotopic (exact) mass is 310 g/mol. The van der Waals surface area contributed by atoms with Gasteiger partial charge in [-0.3, -0.25) is 0 Å². The van der Waals surface area contributed by atoms with Gasteiger partial charge >= 0.3 is 0 Å². The molecule has 21 heavy (non-hydrogen) atoms. The second kappa shape index (κ2) is 6.79. The second-order valence-electron chi connectivity index (χ2n) is 6.33. The minimum atomic E-state index is -3.44. The summed E-state index contributed by atoms with van der Waals surface area (Å²) in [7, 11) is -3.44. The van der Waals surface area contributed by atoms with Gasteiger partial charge in [0.15, 0.2) is 0 Å². The lowest BCUT2D eigenvalue weighted by Gasteiger charge is -2.26. The number of aryl methyl sites for hydroxylation is 1. The van der Waals surface area contributed by atoms with Crippen molar-refractivity contribution in [3.05, 3.63) is 23.8 Å². The maximum atomic E-state index is 12.2. The van der Waals surface area contributed by atoms with Gasteiger partial charge < -0.3 is 5.73 Å². The van der Waals surface area contributed by atoms with Crippen LogP contribution in [0.3, 0.4) is 0 Å². The Bertz CT molecular complexity index is 576. The summed E-state index contributed by atoms with van der Waals surface area (Å²) < 4.78 is 27.1. The van der Waals surface area contributed by atoms with E-state index in [9.17, 15) is 8.42 Å². The van der Waals surface area contributed by atoms with Crippen LogP contribution in [0.4, 0.5) is 5.69 Å². The average molecular weight is 310 g/mol. The Morgan fingerprint density at radius 2 is 1.90 bits per heavy atom. The Morgan fingerprint density at radius 1 is 1.24 bits per heavy atom. The molecule has 0 bridgehead atoms. The highest BCUT2D eigenvalue weighted by molar-refractivity contribution is 7.89. The molecule has 0 saturated heterocycles. The molecule has 0 atom stereocenters. The third kappa shape index (κ3) is 4.45. The first-order valence-electron chi connectivity index (χ1n) is 7.74. The molecule has 1 aliphatic rings. The van der Waals surface area contributed by atoms with Gasteiger partial charge in [-0.1, -0.05) is 38.7 Å². The molecule has 1 aliphatic carbocycles. The number of rotatable bonds is 5. The molecule has 0 spiro atoms. The van der Waals surface area contributed by atoms with Crippen molar-refractivity contribution in [1.82, 2.24) is 4.72 Å². The van der Waals surface area contributed by atoms with Crippen LogP contribution in [0.25, 0.3) is 0 Å². The van der Waals surface area contributed by atoms with Crippen LogP contribution in [0.15, 0.2) is 23.1 Å². The fourth-order valence-electron chi connectivity index (χ4n) is 2.88. The molecule has 1 fully saturated rings. The lowest BCUT2D eigenvalue weighted by molar-refractivity contribution is 0.278. The van der Waals surface area contributed by atoms with E-state index in [4.69, 9.17) is 5.73 Å². The summed E-state index contributed by atoms with van der Waals surface area (Å²) >= 11 is 0. The zero-order valence-electron chi connectivity index (χ0n) is 12.9. The molecule has 0 heterocycles. The van der Waals surface area contributed by atoms with E-state index in [-0.39, 0.29) is 4.90 Å². The molecular weight excluding hydrogens is 284 g/mol. The molecule has 4 nitrogen and oxygen atoms in total. The molecular formula is C16H26N2O2S. The van der Waals surface area contributed by atoms with Gasteiger partial charge in [0.1, 0.15) is 0 Å². The van der Waals surface area contributed by atoms with Crippen molar-refractivity contribution in [2.45, 2.75) is 50.8 Å². The molecule has 0 aromatic heterocycles. The van der Waals surface area contributed by atoms with Gasteiger partial charge in [0.05, 0.1) is 4.90 Å². The molecule has 118 valence electrons. The smallest absolute Gasteiger partial charge is 0.240 e. The third-order valence-corrected chi connectivity index (χ3v) is 6.00. The molecule has 5 heteroatoms. The second-order valence-corrected chi connectivity index (χ2v) is 8.10. The van der Waals surface area contributed by atoms with E-state index in [0.29, 0.717) is 18.2 Å². The Hall–Kier alpha value is -1.07. The number of nitrogen functional groups attached to an aromatic ring is 1. The molecule has 0 unspecified atom stereocenters. The van der Waals surface area contributed by atoms with Crippen molar-refractivity contribution < 1.29 is 8.42 Å². The summed E-state index contributed by atoms with van der Waals surface area (Å²) in [6.07, 6.45) is 5.91. The summed E-state index contributed by atoms with van der Waals surface area (Å²) in [5, 5.41) is 0. The number of anilines is 1. The SMILES string of the molecule is Cc1ccc(S(=O)(=O)NCCC2CCC(C)CC2)cc1N. The summed E-state index contributed by atoms with van der Waals surface area (Å²) in [6, 6.07) is 4.88. The summed E-state index contributed by atoms with van der Waals surface area (Å²) in [4.78, 5) is 0.253. The van der Waals surface area contributed by atoms with Gasteiger partial charge in [-0.05, 0) is 42.9 Å². The van der Waals surface area contributed by atoms with E-state index in [1.165, 1.54) is 31.7 Å². The lowest BCUT2D eigenvalue weighted by Crippen LogP contribution is -2.27. The number of hydrogen-bond acceptors (Lipinski definition) is 3. The van der Waals surface area contributed by atoms with E-state index < -0.39 is 10.0 Å². The van der Waals surface area contributed by atoms with E-state index in [0.717, 1.165) is 17.9 Å². The predicted octanol–water partition coefficient (Wildman–Crippen LogP) is 3.07. The van der Waals surface area contributed by atoms with Crippen molar-refractivity contribution in [3.63, 3.8) is 0 Å². The Morgan fingerprint density at radius 3 is 2.52 bits per heavy atom. The minimum absolute atomic E-state index is 0.253. The van der Waals surface area contributed by atoms with Gasteiger partial charge in [-0.25, -0.2) is 13.1 Å². The first-order chi connectivity index (χ1) is 9.88. The van der Waals surface area contributed by atoms with Crippen molar-refractivity contribution in [1.29, 1.82) is 0 Å². The van der Waals surface area contributed by atoms with E-state index >= 15 is 0 Å². The molecule has 2 rings (SSSR count). The zero-order valence-corrected chi connectivity index (χ0v) is 13.7. The maximum Gasteiger partial charge on any atom is 0.240 e. The minimum Gasteiger partial charge on any atom is -0.398 e.